The summed E-state index contributed by atoms with van der Waals surface area (Å²) in [5.41, 5.74) is 0. The number of halogens is 1. The Hall–Kier alpha value is 0.690. The van der Waals surface area contributed by atoms with Crippen molar-refractivity contribution >= 4 is 0 Å². The standard InChI is InChI=1S/C6H11IN/c1-2-6-7-3-5-8(6)4-1/h6H,1-5H2/q-1. The Balaban J connectivity index is 2.04. The van der Waals surface area contributed by atoms with Gasteiger partial charge in [0.1, 0.15) is 0 Å². The van der Waals surface area contributed by atoms with Gasteiger partial charge in [-0.2, -0.15) is 0 Å². The second-order valence-electron chi connectivity index (χ2n) is 2.46. The molecule has 0 aromatic carbocycles. The average molecular weight is 224 g/mol. The van der Waals surface area contributed by atoms with Crippen LogP contribution in [0.25, 0.3) is 0 Å². The topological polar surface area (TPSA) is 3.24 Å². The molecule has 2 aliphatic heterocycles. The van der Waals surface area contributed by atoms with E-state index in [2.05, 4.69) is 4.90 Å². The zero-order chi connectivity index (χ0) is 5.40. The van der Waals surface area contributed by atoms with E-state index in [0.717, 1.165) is 4.05 Å². The van der Waals surface area contributed by atoms with E-state index in [1.165, 1.54) is 25.9 Å². The Kier molecular flexibility index (Phi) is 1.46. The molecule has 2 heterocycles. The van der Waals surface area contributed by atoms with E-state index >= 15 is 0 Å². The van der Waals surface area contributed by atoms with Crippen LogP contribution in [0.1, 0.15) is 12.8 Å². The third-order valence-electron chi connectivity index (χ3n) is 1.94. The average Bonchev–Trinajstić information content (AvgIpc) is 2.15. The van der Waals surface area contributed by atoms with Crippen molar-refractivity contribution in [2.24, 2.45) is 0 Å². The molecule has 1 nitrogen and oxygen atoms in total. The molecule has 1 atom stereocenters. The number of alkyl halides is 2. The molecular weight excluding hydrogens is 213 g/mol. The third kappa shape index (κ3) is 0.778. The molecule has 0 aromatic heterocycles. The molecule has 2 heteroatoms. The maximum atomic E-state index is 2.69. The summed E-state index contributed by atoms with van der Waals surface area (Å²) in [6.07, 6.45) is 3.03. The number of rotatable bonds is 0. The predicted octanol–water partition coefficient (Wildman–Crippen LogP) is -2.49. The fraction of sp³-hybridized carbons (Fsp3) is 1.00. The van der Waals surface area contributed by atoms with Crippen molar-refractivity contribution in [3.05, 3.63) is 0 Å². The number of hydrogen-bond donors (Lipinski definition) is 0. The van der Waals surface area contributed by atoms with Crippen LogP contribution >= 0.6 is 0 Å². The van der Waals surface area contributed by atoms with Gasteiger partial charge in [-0.25, -0.2) is 0 Å². The van der Waals surface area contributed by atoms with Gasteiger partial charge >= 0.3 is 60.5 Å². The molecule has 1 unspecified atom stereocenters. The molecule has 48 valence electrons. The first-order valence-electron chi connectivity index (χ1n) is 3.28. The van der Waals surface area contributed by atoms with Gasteiger partial charge in [-0.3, -0.25) is 0 Å². The molecule has 2 rings (SSSR count). The minimum absolute atomic E-state index is 0.624. The van der Waals surface area contributed by atoms with E-state index in [-0.39, 0.29) is 0 Å². The Morgan fingerprint density at radius 1 is 1.38 bits per heavy atom. The van der Waals surface area contributed by atoms with Gasteiger partial charge in [0.2, 0.25) is 0 Å². The molecule has 0 aromatic rings. The van der Waals surface area contributed by atoms with Gasteiger partial charge in [0, 0.05) is 0 Å². The summed E-state index contributed by atoms with van der Waals surface area (Å²) in [5.74, 6) is 0. The van der Waals surface area contributed by atoms with Gasteiger partial charge in [0.05, 0.1) is 0 Å². The first-order chi connectivity index (χ1) is 3.97. The summed E-state index contributed by atoms with van der Waals surface area (Å²) < 4.78 is 2.69. The maximum absolute atomic E-state index is 2.69. The Morgan fingerprint density at radius 2 is 2.38 bits per heavy atom. The van der Waals surface area contributed by atoms with Gasteiger partial charge in [-0.1, -0.05) is 0 Å². The minimum atomic E-state index is 0.624. The third-order valence-corrected chi connectivity index (χ3v) is 5.48. The van der Waals surface area contributed by atoms with Crippen LogP contribution in [0.5, 0.6) is 0 Å². The van der Waals surface area contributed by atoms with Gasteiger partial charge in [-0.15, -0.1) is 0 Å². The van der Waals surface area contributed by atoms with Crippen molar-refractivity contribution in [1.29, 1.82) is 0 Å². The van der Waals surface area contributed by atoms with Gasteiger partial charge in [0.15, 0.2) is 0 Å². The van der Waals surface area contributed by atoms with Crippen molar-refractivity contribution in [3.63, 3.8) is 0 Å². The van der Waals surface area contributed by atoms with E-state index in [9.17, 15) is 0 Å². The van der Waals surface area contributed by atoms with Crippen LogP contribution < -0.4 is 21.2 Å². The summed E-state index contributed by atoms with van der Waals surface area (Å²) in [4.78, 5) is 2.69. The first kappa shape index (κ1) is 5.47. The van der Waals surface area contributed by atoms with Crippen LogP contribution in [0.3, 0.4) is 0 Å². The first-order valence-corrected chi connectivity index (χ1v) is 6.06. The van der Waals surface area contributed by atoms with Crippen LogP contribution in [-0.2, 0) is 0 Å². The zero-order valence-corrected chi connectivity index (χ0v) is 7.10. The van der Waals surface area contributed by atoms with Crippen LogP contribution in [-0.4, -0.2) is 26.5 Å². The van der Waals surface area contributed by atoms with Crippen LogP contribution in [0.15, 0.2) is 0 Å². The van der Waals surface area contributed by atoms with E-state index in [4.69, 9.17) is 0 Å². The van der Waals surface area contributed by atoms with Crippen LogP contribution in [0, 0.1) is 0 Å². The van der Waals surface area contributed by atoms with Gasteiger partial charge in [-0.05, 0) is 0 Å². The summed E-state index contributed by atoms with van der Waals surface area (Å²) in [7, 11) is 0. The van der Waals surface area contributed by atoms with E-state index < -0.39 is 0 Å². The van der Waals surface area contributed by atoms with E-state index in [1.807, 2.05) is 0 Å². The molecule has 8 heavy (non-hydrogen) atoms. The SMILES string of the molecule is C1CC2[I-]CCN2C1. The van der Waals surface area contributed by atoms with Crippen LogP contribution in [0.4, 0.5) is 0 Å². The number of nitrogens with zero attached hydrogens (tertiary/aromatic N) is 1. The van der Waals surface area contributed by atoms with E-state index in [1.54, 1.807) is 4.43 Å². The zero-order valence-electron chi connectivity index (χ0n) is 4.94. The molecular formula is C6H11IN-. The summed E-state index contributed by atoms with van der Waals surface area (Å²) >= 11 is 0.624. The number of fused-ring (bicyclic) bond motifs is 1. The normalized spacial score (nSPS) is 39.2. The Labute approximate surface area is 60.7 Å². The predicted molar refractivity (Wildman–Crippen MR) is 29.5 cm³/mol. The molecule has 0 radical (unpaired) electrons. The fourth-order valence-corrected chi connectivity index (χ4v) is 5.11. The van der Waals surface area contributed by atoms with Crippen LogP contribution in [0.2, 0.25) is 0 Å². The molecule has 0 aliphatic carbocycles. The molecule has 0 saturated carbocycles. The van der Waals surface area contributed by atoms with Crippen molar-refractivity contribution in [2.45, 2.75) is 16.9 Å². The summed E-state index contributed by atoms with van der Waals surface area (Å²) in [6.45, 7) is 2.86. The molecule has 2 aliphatic rings. The van der Waals surface area contributed by atoms with Crippen molar-refractivity contribution < 1.29 is 21.2 Å². The molecule has 0 N–H and O–H groups in total. The molecule has 2 saturated heterocycles. The number of hydrogen-bond acceptors (Lipinski definition) is 1. The molecule has 2 fully saturated rings. The summed E-state index contributed by atoms with van der Waals surface area (Å²) in [6, 6.07) is 0. The fourth-order valence-electron chi connectivity index (χ4n) is 1.50. The Morgan fingerprint density at radius 3 is 3.25 bits per heavy atom. The second kappa shape index (κ2) is 2.14. The molecule has 0 bridgehead atoms. The molecule has 0 amide bonds. The quantitative estimate of drug-likeness (QED) is 0.250. The summed E-state index contributed by atoms with van der Waals surface area (Å²) in [5, 5.41) is 0. The van der Waals surface area contributed by atoms with Crippen molar-refractivity contribution in [2.75, 3.05) is 17.5 Å². The van der Waals surface area contributed by atoms with Crippen molar-refractivity contribution in [1.82, 2.24) is 4.90 Å². The Bertz CT molecular complexity index is 74.5. The van der Waals surface area contributed by atoms with Gasteiger partial charge in [0.25, 0.3) is 0 Å². The second-order valence-corrected chi connectivity index (χ2v) is 5.85. The molecule has 0 spiro atoms. The monoisotopic (exact) mass is 224 g/mol. The van der Waals surface area contributed by atoms with Gasteiger partial charge < -0.3 is 0 Å². The van der Waals surface area contributed by atoms with E-state index in [0.29, 0.717) is 21.2 Å². The van der Waals surface area contributed by atoms with Crippen molar-refractivity contribution in [3.8, 4) is 0 Å².